The molecule has 0 aromatic heterocycles. The van der Waals surface area contributed by atoms with E-state index >= 15 is 0 Å². The summed E-state index contributed by atoms with van der Waals surface area (Å²) < 4.78 is 0. The Bertz CT molecular complexity index is 632. The Labute approximate surface area is 138 Å². The molecule has 2 aromatic carbocycles. The molecule has 0 aliphatic heterocycles. The first-order valence-corrected chi connectivity index (χ1v) is 7.34. The second-order valence-corrected chi connectivity index (χ2v) is 5.68. The average molecular weight is 346 g/mol. The van der Waals surface area contributed by atoms with Crippen LogP contribution in [0.1, 0.15) is 5.56 Å². The zero-order valence-electron chi connectivity index (χ0n) is 10.3. The van der Waals surface area contributed by atoms with E-state index in [0.29, 0.717) is 32.4 Å². The minimum Gasteiger partial charge on any atom is -0.358 e. The number of anilines is 1. The molecular weight excluding hydrogens is 335 g/mol. The predicted molar refractivity (Wildman–Crippen MR) is 91.0 cm³/mol. The first kappa shape index (κ1) is 15.4. The maximum Gasteiger partial charge on any atom is 0.171 e. The summed E-state index contributed by atoms with van der Waals surface area (Å²) in [7, 11) is 0. The lowest BCUT2D eigenvalue weighted by Gasteiger charge is -2.12. The molecule has 0 saturated heterocycles. The van der Waals surface area contributed by atoms with Crippen LogP contribution in [0.5, 0.6) is 0 Å². The smallest absolute Gasteiger partial charge is 0.171 e. The molecule has 2 rings (SSSR count). The molecule has 0 aliphatic rings. The lowest BCUT2D eigenvalue weighted by atomic mass is 10.2. The number of hydrogen-bond donors (Lipinski definition) is 2. The van der Waals surface area contributed by atoms with E-state index in [2.05, 4.69) is 10.6 Å². The highest BCUT2D eigenvalue weighted by Gasteiger charge is 2.04. The van der Waals surface area contributed by atoms with Gasteiger partial charge in [-0.1, -0.05) is 53.0 Å². The van der Waals surface area contributed by atoms with Crippen LogP contribution in [-0.2, 0) is 6.54 Å². The quantitative estimate of drug-likeness (QED) is 0.754. The second kappa shape index (κ2) is 7.14. The van der Waals surface area contributed by atoms with Gasteiger partial charge in [0, 0.05) is 16.6 Å². The van der Waals surface area contributed by atoms with E-state index in [1.807, 2.05) is 24.3 Å². The van der Waals surface area contributed by atoms with Gasteiger partial charge < -0.3 is 10.6 Å². The van der Waals surface area contributed by atoms with Crippen LogP contribution in [0.2, 0.25) is 15.1 Å². The normalized spacial score (nSPS) is 10.2. The third-order valence-corrected chi connectivity index (χ3v) is 3.75. The van der Waals surface area contributed by atoms with Crippen molar-refractivity contribution >= 4 is 57.8 Å². The summed E-state index contributed by atoms with van der Waals surface area (Å²) >= 11 is 23.3. The lowest BCUT2D eigenvalue weighted by Crippen LogP contribution is -2.28. The van der Waals surface area contributed by atoms with Crippen molar-refractivity contribution in [2.75, 3.05) is 5.32 Å². The van der Waals surface area contributed by atoms with Crippen LogP contribution in [0.15, 0.2) is 42.5 Å². The van der Waals surface area contributed by atoms with Crippen molar-refractivity contribution < 1.29 is 0 Å². The molecule has 0 saturated carbocycles. The second-order valence-electron chi connectivity index (χ2n) is 4.02. The number of halogens is 3. The number of hydrogen-bond acceptors (Lipinski definition) is 1. The molecule has 2 nitrogen and oxygen atoms in total. The largest absolute Gasteiger partial charge is 0.358 e. The van der Waals surface area contributed by atoms with Crippen molar-refractivity contribution in [1.29, 1.82) is 0 Å². The molecule has 6 heteroatoms. The first-order chi connectivity index (χ1) is 9.56. The highest BCUT2D eigenvalue weighted by molar-refractivity contribution is 7.80. The van der Waals surface area contributed by atoms with Crippen LogP contribution in [0.25, 0.3) is 0 Å². The summed E-state index contributed by atoms with van der Waals surface area (Å²) in [4.78, 5) is 0. The highest BCUT2D eigenvalue weighted by Crippen LogP contribution is 2.25. The maximum absolute atomic E-state index is 6.07. The zero-order chi connectivity index (χ0) is 14.5. The van der Waals surface area contributed by atoms with Gasteiger partial charge >= 0.3 is 0 Å². The molecule has 0 spiro atoms. The van der Waals surface area contributed by atoms with Crippen molar-refractivity contribution in [3.8, 4) is 0 Å². The monoisotopic (exact) mass is 344 g/mol. The topological polar surface area (TPSA) is 24.1 Å². The van der Waals surface area contributed by atoms with E-state index in [1.165, 1.54) is 0 Å². The number of rotatable bonds is 3. The number of benzene rings is 2. The maximum atomic E-state index is 6.07. The third-order valence-electron chi connectivity index (χ3n) is 2.57. The predicted octanol–water partition coefficient (Wildman–Crippen LogP) is 5.13. The molecule has 0 heterocycles. The SMILES string of the molecule is S=C(NCc1ccccc1Cl)Nc1cc(Cl)ccc1Cl. The minimum atomic E-state index is 0.453. The zero-order valence-corrected chi connectivity index (χ0v) is 13.4. The van der Waals surface area contributed by atoms with Gasteiger partial charge in [-0.05, 0) is 42.0 Å². The van der Waals surface area contributed by atoms with Gasteiger partial charge in [0.2, 0.25) is 0 Å². The Morgan fingerprint density at radius 1 is 1.00 bits per heavy atom. The van der Waals surface area contributed by atoms with Crippen LogP contribution >= 0.6 is 47.0 Å². The summed E-state index contributed by atoms with van der Waals surface area (Å²) in [5.41, 5.74) is 1.63. The van der Waals surface area contributed by atoms with Crippen LogP contribution in [0.3, 0.4) is 0 Å². The van der Waals surface area contributed by atoms with Crippen LogP contribution in [0.4, 0.5) is 5.69 Å². The molecule has 0 atom stereocenters. The third kappa shape index (κ3) is 4.25. The number of thiocarbonyl (C=S) groups is 1. The Kier molecular flexibility index (Phi) is 5.49. The molecule has 0 fully saturated rings. The fraction of sp³-hybridized carbons (Fsp3) is 0.0714. The molecule has 2 aromatic rings. The van der Waals surface area contributed by atoms with Crippen molar-refractivity contribution in [2.45, 2.75) is 6.54 Å². The van der Waals surface area contributed by atoms with Crippen molar-refractivity contribution in [3.05, 3.63) is 63.1 Å². The Hall–Kier alpha value is -1.000. The van der Waals surface area contributed by atoms with Crippen molar-refractivity contribution in [1.82, 2.24) is 5.32 Å². The summed E-state index contributed by atoms with van der Waals surface area (Å²) in [6.45, 7) is 0.531. The molecule has 0 unspecified atom stereocenters. The van der Waals surface area contributed by atoms with E-state index in [4.69, 9.17) is 47.0 Å². The van der Waals surface area contributed by atoms with Crippen LogP contribution in [-0.4, -0.2) is 5.11 Å². The summed E-state index contributed by atoms with van der Waals surface area (Å²) in [5.74, 6) is 0. The highest BCUT2D eigenvalue weighted by atomic mass is 35.5. The van der Waals surface area contributed by atoms with Gasteiger partial charge in [0.15, 0.2) is 5.11 Å². The average Bonchev–Trinajstić information content (AvgIpc) is 2.42. The van der Waals surface area contributed by atoms with E-state index in [9.17, 15) is 0 Å². The van der Waals surface area contributed by atoms with Crippen LogP contribution < -0.4 is 10.6 Å². The fourth-order valence-electron chi connectivity index (χ4n) is 1.58. The van der Waals surface area contributed by atoms with E-state index in [0.717, 1.165) is 5.56 Å². The summed E-state index contributed by atoms with van der Waals surface area (Å²) in [6.07, 6.45) is 0. The Morgan fingerprint density at radius 3 is 2.50 bits per heavy atom. The van der Waals surface area contributed by atoms with Gasteiger partial charge in [-0.2, -0.15) is 0 Å². The molecule has 0 bridgehead atoms. The molecule has 0 radical (unpaired) electrons. The van der Waals surface area contributed by atoms with E-state index < -0.39 is 0 Å². The van der Waals surface area contributed by atoms with Gasteiger partial charge in [-0.3, -0.25) is 0 Å². The number of nitrogens with one attached hydrogen (secondary N) is 2. The molecule has 104 valence electrons. The fourth-order valence-corrected chi connectivity index (χ4v) is 2.30. The van der Waals surface area contributed by atoms with Gasteiger partial charge in [0.05, 0.1) is 10.7 Å². The standard InChI is InChI=1S/C14H11Cl3N2S/c15-10-5-6-12(17)13(7-10)19-14(20)18-8-9-3-1-2-4-11(9)16/h1-7H,8H2,(H2,18,19,20). The van der Waals surface area contributed by atoms with Gasteiger partial charge in [-0.25, -0.2) is 0 Å². The van der Waals surface area contributed by atoms with Crippen molar-refractivity contribution in [3.63, 3.8) is 0 Å². The molecule has 2 N–H and O–H groups in total. The van der Waals surface area contributed by atoms with E-state index in [1.54, 1.807) is 18.2 Å². The molecule has 20 heavy (non-hydrogen) atoms. The van der Waals surface area contributed by atoms with E-state index in [-0.39, 0.29) is 0 Å². The summed E-state index contributed by atoms with van der Waals surface area (Å²) in [5, 5.41) is 8.36. The van der Waals surface area contributed by atoms with Crippen molar-refractivity contribution in [2.24, 2.45) is 0 Å². The Balaban J connectivity index is 1.96. The molecule has 0 aliphatic carbocycles. The lowest BCUT2D eigenvalue weighted by molar-refractivity contribution is 0.926. The Morgan fingerprint density at radius 2 is 1.75 bits per heavy atom. The van der Waals surface area contributed by atoms with Gasteiger partial charge in [0.25, 0.3) is 0 Å². The van der Waals surface area contributed by atoms with Crippen LogP contribution in [0, 0.1) is 0 Å². The molecule has 0 amide bonds. The summed E-state index contributed by atoms with van der Waals surface area (Å²) in [6, 6.07) is 12.7. The van der Waals surface area contributed by atoms with Gasteiger partial charge in [-0.15, -0.1) is 0 Å². The van der Waals surface area contributed by atoms with Gasteiger partial charge in [0.1, 0.15) is 0 Å². The first-order valence-electron chi connectivity index (χ1n) is 5.79. The molecular formula is C14H11Cl3N2S. The minimum absolute atomic E-state index is 0.453.